The number of nitrogens with two attached hydrogens (primary N) is 1. The van der Waals surface area contributed by atoms with E-state index in [1.165, 1.54) is 0 Å². The zero-order valence-corrected chi connectivity index (χ0v) is 12.8. The molecule has 110 valence electrons. The minimum Gasteiger partial charge on any atom is -0.338 e. The number of hydrogen-bond acceptors (Lipinski definition) is 4. The van der Waals surface area contributed by atoms with Gasteiger partial charge in [0.1, 0.15) is 0 Å². The Morgan fingerprint density at radius 2 is 2.45 bits per heavy atom. The molecule has 1 fully saturated rings. The standard InChI is InChI=1S/C15H23N3OS/c1-12-4-6-18(14(7-12)8-16)15(19)11-20-10-13-3-2-5-17-9-13/h2-3,5,9,12,14H,4,6-8,10-11,16H2,1H3. The fourth-order valence-corrected chi connectivity index (χ4v) is 3.47. The minimum absolute atomic E-state index is 0.223. The van der Waals surface area contributed by atoms with Crippen LogP contribution in [0.2, 0.25) is 0 Å². The third kappa shape index (κ3) is 4.21. The van der Waals surface area contributed by atoms with Gasteiger partial charge in [-0.3, -0.25) is 9.78 Å². The lowest BCUT2D eigenvalue weighted by atomic mass is 9.92. The average molecular weight is 293 g/mol. The van der Waals surface area contributed by atoms with E-state index in [1.807, 2.05) is 23.2 Å². The number of thioether (sulfide) groups is 1. The summed E-state index contributed by atoms with van der Waals surface area (Å²) in [5.74, 6) is 2.26. The van der Waals surface area contributed by atoms with E-state index in [-0.39, 0.29) is 11.9 Å². The molecule has 20 heavy (non-hydrogen) atoms. The van der Waals surface area contributed by atoms with Crippen molar-refractivity contribution < 1.29 is 4.79 Å². The first-order chi connectivity index (χ1) is 9.70. The van der Waals surface area contributed by atoms with Gasteiger partial charge in [-0.25, -0.2) is 0 Å². The maximum Gasteiger partial charge on any atom is 0.232 e. The summed E-state index contributed by atoms with van der Waals surface area (Å²) in [7, 11) is 0. The quantitative estimate of drug-likeness (QED) is 0.901. The second-order valence-corrected chi connectivity index (χ2v) is 6.45. The summed E-state index contributed by atoms with van der Waals surface area (Å²) in [6, 6.07) is 4.19. The van der Waals surface area contributed by atoms with E-state index < -0.39 is 0 Å². The molecule has 1 aromatic rings. The number of carbonyl (C=O) groups excluding carboxylic acids is 1. The van der Waals surface area contributed by atoms with Crippen LogP contribution < -0.4 is 5.73 Å². The zero-order chi connectivity index (χ0) is 14.4. The maximum atomic E-state index is 12.3. The third-order valence-corrected chi connectivity index (χ3v) is 4.78. The van der Waals surface area contributed by atoms with Crippen molar-refractivity contribution in [3.05, 3.63) is 30.1 Å². The van der Waals surface area contributed by atoms with Gasteiger partial charge in [-0.15, -0.1) is 11.8 Å². The van der Waals surface area contributed by atoms with E-state index >= 15 is 0 Å². The molecular formula is C15H23N3OS. The van der Waals surface area contributed by atoms with Crippen LogP contribution in [0.25, 0.3) is 0 Å². The number of aromatic nitrogens is 1. The van der Waals surface area contributed by atoms with Crippen molar-refractivity contribution in [2.24, 2.45) is 11.7 Å². The van der Waals surface area contributed by atoms with Crippen molar-refractivity contribution in [2.75, 3.05) is 18.8 Å². The fourth-order valence-electron chi connectivity index (χ4n) is 2.63. The van der Waals surface area contributed by atoms with Crippen molar-refractivity contribution in [3.8, 4) is 0 Å². The fraction of sp³-hybridized carbons (Fsp3) is 0.600. The lowest BCUT2D eigenvalue weighted by molar-refractivity contribution is -0.132. The van der Waals surface area contributed by atoms with Gasteiger partial charge in [-0.2, -0.15) is 0 Å². The van der Waals surface area contributed by atoms with Crippen LogP contribution in [0.5, 0.6) is 0 Å². The van der Waals surface area contributed by atoms with Crippen LogP contribution in [0.4, 0.5) is 0 Å². The van der Waals surface area contributed by atoms with Gasteiger partial charge in [0.25, 0.3) is 0 Å². The third-order valence-electron chi connectivity index (χ3n) is 3.79. The molecule has 1 aromatic heterocycles. The highest BCUT2D eigenvalue weighted by Crippen LogP contribution is 2.23. The molecule has 5 heteroatoms. The van der Waals surface area contributed by atoms with Gasteiger partial charge in [0.2, 0.25) is 5.91 Å². The van der Waals surface area contributed by atoms with Crippen LogP contribution >= 0.6 is 11.8 Å². The molecule has 0 radical (unpaired) electrons. The Labute approximate surface area is 125 Å². The number of amides is 1. The van der Waals surface area contributed by atoms with E-state index in [2.05, 4.69) is 11.9 Å². The number of rotatable bonds is 5. The Kier molecular flexibility index (Phi) is 5.86. The number of likely N-dealkylation sites (tertiary alicyclic amines) is 1. The number of piperidine rings is 1. The predicted octanol–water partition coefficient (Wildman–Crippen LogP) is 1.90. The summed E-state index contributed by atoms with van der Waals surface area (Å²) in [5.41, 5.74) is 6.96. The van der Waals surface area contributed by atoms with Gasteiger partial charge in [0, 0.05) is 37.3 Å². The van der Waals surface area contributed by atoms with Crippen molar-refractivity contribution in [2.45, 2.75) is 31.6 Å². The Balaban J connectivity index is 1.79. The molecule has 2 atom stereocenters. The molecule has 1 aliphatic heterocycles. The summed E-state index contributed by atoms with van der Waals surface area (Å²) < 4.78 is 0. The lowest BCUT2D eigenvalue weighted by Gasteiger charge is -2.38. The lowest BCUT2D eigenvalue weighted by Crippen LogP contribution is -2.49. The average Bonchev–Trinajstić information content (AvgIpc) is 2.48. The number of hydrogen-bond donors (Lipinski definition) is 1. The van der Waals surface area contributed by atoms with E-state index in [0.717, 1.165) is 30.7 Å². The van der Waals surface area contributed by atoms with E-state index in [4.69, 9.17) is 5.73 Å². The molecule has 2 rings (SSSR count). The van der Waals surface area contributed by atoms with Gasteiger partial charge in [0.05, 0.1) is 5.75 Å². The van der Waals surface area contributed by atoms with Crippen molar-refractivity contribution in [1.82, 2.24) is 9.88 Å². The van der Waals surface area contributed by atoms with Gasteiger partial charge >= 0.3 is 0 Å². The highest BCUT2D eigenvalue weighted by atomic mass is 32.2. The highest BCUT2D eigenvalue weighted by molar-refractivity contribution is 7.99. The zero-order valence-electron chi connectivity index (χ0n) is 12.0. The van der Waals surface area contributed by atoms with Gasteiger partial charge in [-0.1, -0.05) is 13.0 Å². The normalized spacial score (nSPS) is 22.8. The molecule has 1 saturated heterocycles. The topological polar surface area (TPSA) is 59.2 Å². The molecule has 2 heterocycles. The summed E-state index contributed by atoms with van der Waals surface area (Å²) >= 11 is 1.65. The van der Waals surface area contributed by atoms with Gasteiger partial charge in [-0.05, 0) is 30.4 Å². The second-order valence-electron chi connectivity index (χ2n) is 5.46. The predicted molar refractivity (Wildman–Crippen MR) is 83.4 cm³/mol. The summed E-state index contributed by atoms with van der Waals surface area (Å²) in [6.07, 6.45) is 5.74. The maximum absolute atomic E-state index is 12.3. The molecule has 0 saturated carbocycles. The van der Waals surface area contributed by atoms with E-state index in [1.54, 1.807) is 18.0 Å². The van der Waals surface area contributed by atoms with Gasteiger partial charge < -0.3 is 10.6 Å². The highest BCUT2D eigenvalue weighted by Gasteiger charge is 2.28. The Morgan fingerprint density at radius 1 is 1.60 bits per heavy atom. The van der Waals surface area contributed by atoms with Crippen molar-refractivity contribution >= 4 is 17.7 Å². The van der Waals surface area contributed by atoms with Crippen molar-refractivity contribution in [3.63, 3.8) is 0 Å². The molecular weight excluding hydrogens is 270 g/mol. The molecule has 1 amide bonds. The molecule has 0 aliphatic carbocycles. The van der Waals surface area contributed by atoms with Crippen LogP contribution in [0.3, 0.4) is 0 Å². The first-order valence-corrected chi connectivity index (χ1v) is 8.32. The van der Waals surface area contributed by atoms with Crippen LogP contribution in [0, 0.1) is 5.92 Å². The number of nitrogens with zero attached hydrogens (tertiary/aromatic N) is 2. The Hall–Kier alpha value is -1.07. The van der Waals surface area contributed by atoms with Crippen LogP contribution in [-0.2, 0) is 10.5 Å². The first kappa shape index (κ1) is 15.3. The Bertz CT molecular complexity index is 426. The number of carbonyl (C=O) groups is 1. The smallest absolute Gasteiger partial charge is 0.232 e. The Morgan fingerprint density at radius 3 is 3.15 bits per heavy atom. The molecule has 0 bridgehead atoms. The van der Waals surface area contributed by atoms with Crippen LogP contribution in [0.15, 0.2) is 24.5 Å². The van der Waals surface area contributed by atoms with E-state index in [0.29, 0.717) is 18.2 Å². The molecule has 2 N–H and O–H groups in total. The van der Waals surface area contributed by atoms with E-state index in [9.17, 15) is 4.79 Å². The molecule has 1 aliphatic rings. The molecule has 0 aromatic carbocycles. The first-order valence-electron chi connectivity index (χ1n) is 7.17. The van der Waals surface area contributed by atoms with Crippen LogP contribution in [0.1, 0.15) is 25.3 Å². The molecule has 4 nitrogen and oxygen atoms in total. The second kappa shape index (κ2) is 7.64. The summed E-state index contributed by atoms with van der Waals surface area (Å²) in [5, 5.41) is 0. The van der Waals surface area contributed by atoms with Gasteiger partial charge in [0.15, 0.2) is 0 Å². The number of pyridine rings is 1. The summed E-state index contributed by atoms with van der Waals surface area (Å²) in [4.78, 5) is 18.4. The van der Waals surface area contributed by atoms with Crippen molar-refractivity contribution in [1.29, 1.82) is 0 Å². The monoisotopic (exact) mass is 293 g/mol. The SMILES string of the molecule is CC1CCN(C(=O)CSCc2cccnc2)C(CN)C1. The summed E-state index contributed by atoms with van der Waals surface area (Å²) in [6.45, 7) is 3.67. The largest absolute Gasteiger partial charge is 0.338 e. The van der Waals surface area contributed by atoms with Crippen LogP contribution in [-0.4, -0.2) is 40.7 Å². The minimum atomic E-state index is 0.223. The molecule has 2 unspecified atom stereocenters. The molecule has 0 spiro atoms.